The Morgan fingerprint density at radius 2 is 2.70 bits per heavy atom. The van der Waals surface area contributed by atoms with E-state index in [0.29, 0.717) is 5.96 Å². The Bertz CT molecular complexity index is 211. The molecule has 2 N–H and O–H groups in total. The van der Waals surface area contributed by atoms with Gasteiger partial charge in [-0.3, -0.25) is 15.8 Å². The van der Waals surface area contributed by atoms with E-state index in [1.165, 1.54) is 0 Å². The smallest absolute Gasteiger partial charge is 0.228 e. The van der Waals surface area contributed by atoms with Gasteiger partial charge >= 0.3 is 0 Å². The van der Waals surface area contributed by atoms with E-state index >= 15 is 0 Å². The molecule has 0 aromatic carbocycles. The lowest BCUT2D eigenvalue weighted by Gasteiger charge is -2.19. The summed E-state index contributed by atoms with van der Waals surface area (Å²) in [6.45, 7) is 0. The van der Waals surface area contributed by atoms with Crippen molar-refractivity contribution in [3.8, 4) is 6.19 Å². The molecule has 5 nitrogen and oxygen atoms in total. The highest BCUT2D eigenvalue weighted by Gasteiger charge is 2.00. The summed E-state index contributed by atoms with van der Waals surface area (Å²) in [5.74, 6) is 0.438. The van der Waals surface area contributed by atoms with E-state index in [0.717, 1.165) is 0 Å². The molecule has 52 valence electrons. The summed E-state index contributed by atoms with van der Waals surface area (Å²) in [6.07, 6.45) is 5.09. The third-order valence-electron chi connectivity index (χ3n) is 0.950. The van der Waals surface area contributed by atoms with Crippen molar-refractivity contribution >= 4 is 5.96 Å². The van der Waals surface area contributed by atoms with E-state index in [2.05, 4.69) is 15.7 Å². The Labute approximate surface area is 58.6 Å². The fourth-order valence-electron chi connectivity index (χ4n) is 0.554. The van der Waals surface area contributed by atoms with Crippen LogP contribution in [0.5, 0.6) is 0 Å². The summed E-state index contributed by atoms with van der Waals surface area (Å²) in [5.41, 5.74) is 2.78. The second-order valence-corrected chi connectivity index (χ2v) is 1.74. The fourth-order valence-corrected chi connectivity index (χ4v) is 0.554. The second-order valence-electron chi connectivity index (χ2n) is 1.74. The van der Waals surface area contributed by atoms with Gasteiger partial charge in [-0.2, -0.15) is 5.26 Å². The van der Waals surface area contributed by atoms with E-state index in [9.17, 15) is 0 Å². The summed E-state index contributed by atoms with van der Waals surface area (Å²) in [4.78, 5) is 3.82. The van der Waals surface area contributed by atoms with Crippen LogP contribution in [0.4, 0.5) is 0 Å². The van der Waals surface area contributed by atoms with Gasteiger partial charge in [0.05, 0.1) is 0 Å². The number of guanidine groups is 1. The van der Waals surface area contributed by atoms with Gasteiger partial charge in [0.1, 0.15) is 0 Å². The molecule has 10 heavy (non-hydrogen) atoms. The lowest BCUT2D eigenvalue weighted by Crippen LogP contribution is -2.43. The van der Waals surface area contributed by atoms with Crippen molar-refractivity contribution in [3.63, 3.8) is 0 Å². The first-order valence-electron chi connectivity index (χ1n) is 2.72. The molecule has 1 aliphatic heterocycles. The van der Waals surface area contributed by atoms with Crippen molar-refractivity contribution < 1.29 is 0 Å². The van der Waals surface area contributed by atoms with Gasteiger partial charge in [0, 0.05) is 19.4 Å². The Morgan fingerprint density at radius 3 is 3.30 bits per heavy atom. The van der Waals surface area contributed by atoms with Crippen LogP contribution in [-0.4, -0.2) is 18.0 Å². The second kappa shape index (κ2) is 2.73. The minimum atomic E-state index is 0.438. The molecule has 0 amide bonds. The van der Waals surface area contributed by atoms with Crippen molar-refractivity contribution in [3.05, 3.63) is 12.4 Å². The summed E-state index contributed by atoms with van der Waals surface area (Å²) in [6, 6.07) is 0. The van der Waals surface area contributed by atoms with E-state index in [1.54, 1.807) is 23.6 Å². The molecule has 0 saturated heterocycles. The molecule has 0 radical (unpaired) electrons. The molecule has 5 heteroatoms. The third-order valence-corrected chi connectivity index (χ3v) is 0.950. The molecule has 0 unspecified atom stereocenters. The highest BCUT2D eigenvalue weighted by atomic mass is 15.5. The topological polar surface area (TPSA) is 63.5 Å². The molecule has 1 heterocycles. The van der Waals surface area contributed by atoms with Gasteiger partial charge in [0.2, 0.25) is 5.96 Å². The molecule has 0 aromatic rings. The number of hydrogen-bond donors (Lipinski definition) is 2. The molecule has 0 saturated carbocycles. The van der Waals surface area contributed by atoms with Gasteiger partial charge in [-0.1, -0.05) is 0 Å². The number of nitrogens with one attached hydrogen (secondary N) is 2. The zero-order valence-corrected chi connectivity index (χ0v) is 5.50. The van der Waals surface area contributed by atoms with Crippen LogP contribution in [0.3, 0.4) is 0 Å². The summed E-state index contributed by atoms with van der Waals surface area (Å²) < 4.78 is 0. The monoisotopic (exact) mass is 137 g/mol. The molecule has 0 aromatic heterocycles. The number of nitrogens with zero attached hydrogens (tertiary/aromatic N) is 3. The molecule has 0 bridgehead atoms. The molecule has 0 atom stereocenters. The van der Waals surface area contributed by atoms with Gasteiger partial charge in [0.25, 0.3) is 0 Å². The van der Waals surface area contributed by atoms with Crippen LogP contribution in [0.2, 0.25) is 0 Å². The first kappa shape index (κ1) is 6.42. The third kappa shape index (κ3) is 1.39. The summed E-state index contributed by atoms with van der Waals surface area (Å²) in [7, 11) is 1.81. The average molecular weight is 137 g/mol. The van der Waals surface area contributed by atoms with Crippen LogP contribution in [-0.2, 0) is 0 Å². The summed E-state index contributed by atoms with van der Waals surface area (Å²) in [5, 5.41) is 12.2. The van der Waals surface area contributed by atoms with Crippen LogP contribution in [0.1, 0.15) is 0 Å². The average Bonchev–Trinajstić information content (AvgIpc) is 1.88. The van der Waals surface area contributed by atoms with E-state index in [4.69, 9.17) is 5.26 Å². The highest BCUT2D eigenvalue weighted by molar-refractivity contribution is 5.81. The number of aliphatic imine (C=N–C) groups is 1. The predicted molar refractivity (Wildman–Crippen MR) is 36.2 cm³/mol. The molecular weight excluding hydrogens is 130 g/mol. The van der Waals surface area contributed by atoms with Gasteiger partial charge in [-0.05, 0) is 0 Å². The van der Waals surface area contributed by atoms with Gasteiger partial charge in [0.15, 0.2) is 6.19 Å². The van der Waals surface area contributed by atoms with Crippen molar-refractivity contribution in [2.45, 2.75) is 0 Å². The Kier molecular flexibility index (Phi) is 1.75. The first-order chi connectivity index (χ1) is 4.83. The van der Waals surface area contributed by atoms with Crippen LogP contribution in [0.15, 0.2) is 17.4 Å². The van der Waals surface area contributed by atoms with Gasteiger partial charge in [-0.25, -0.2) is 4.99 Å². The number of nitriles is 1. The summed E-state index contributed by atoms with van der Waals surface area (Å²) >= 11 is 0. The highest BCUT2D eigenvalue weighted by Crippen LogP contribution is 1.86. The largest absolute Gasteiger partial charge is 0.294 e. The maximum atomic E-state index is 8.18. The minimum Gasteiger partial charge on any atom is -0.294 e. The number of hydrazine groups is 1. The van der Waals surface area contributed by atoms with Crippen molar-refractivity contribution in [1.29, 1.82) is 5.26 Å². The zero-order chi connectivity index (χ0) is 7.40. The standard InChI is InChI=1S/C5H7N5/c1-10-3-2-7-5(9-10)8-4-6/h2-3H,1H3,(H2,7,8,9). The quantitative estimate of drug-likeness (QED) is 0.343. The maximum absolute atomic E-state index is 8.18. The predicted octanol–water partition coefficient (Wildman–Crippen LogP) is -0.666. The fraction of sp³-hybridized carbons (Fsp3) is 0.200. The zero-order valence-electron chi connectivity index (χ0n) is 5.50. The Balaban J connectivity index is 2.55. The van der Waals surface area contributed by atoms with E-state index < -0.39 is 0 Å². The van der Waals surface area contributed by atoms with Crippen LogP contribution < -0.4 is 10.7 Å². The molecule has 0 spiro atoms. The van der Waals surface area contributed by atoms with Crippen LogP contribution in [0, 0.1) is 11.5 Å². The number of rotatable bonds is 0. The molecule has 1 rings (SSSR count). The lowest BCUT2D eigenvalue weighted by atomic mass is 10.7. The van der Waals surface area contributed by atoms with E-state index in [-0.39, 0.29) is 0 Å². The van der Waals surface area contributed by atoms with E-state index in [1.807, 2.05) is 7.05 Å². The van der Waals surface area contributed by atoms with Crippen molar-refractivity contribution in [2.24, 2.45) is 4.99 Å². The SMILES string of the molecule is CN1C=CN=C(NC#N)N1. The van der Waals surface area contributed by atoms with Crippen LogP contribution >= 0.6 is 0 Å². The lowest BCUT2D eigenvalue weighted by molar-refractivity contribution is 0.396. The van der Waals surface area contributed by atoms with Gasteiger partial charge in [-0.15, -0.1) is 0 Å². The Hall–Kier alpha value is -1.70. The molecular formula is C5H7N5. The Morgan fingerprint density at radius 1 is 1.90 bits per heavy atom. The first-order valence-corrected chi connectivity index (χ1v) is 2.72. The molecule has 0 fully saturated rings. The molecule has 0 aliphatic carbocycles. The van der Waals surface area contributed by atoms with Crippen LogP contribution in [0.25, 0.3) is 0 Å². The maximum Gasteiger partial charge on any atom is 0.228 e. The van der Waals surface area contributed by atoms with Crippen molar-refractivity contribution in [2.75, 3.05) is 7.05 Å². The van der Waals surface area contributed by atoms with Crippen molar-refractivity contribution in [1.82, 2.24) is 15.8 Å². The van der Waals surface area contributed by atoms with Gasteiger partial charge < -0.3 is 0 Å². The minimum absolute atomic E-state index is 0.438. The normalized spacial score (nSPS) is 15.2. The molecule has 1 aliphatic rings. The number of hydrogen-bond acceptors (Lipinski definition) is 5.